The Kier molecular flexibility index (Phi) is 32.6. The van der Waals surface area contributed by atoms with E-state index < -0.39 is 150 Å². The van der Waals surface area contributed by atoms with Crippen molar-refractivity contribution in [2.45, 2.75) is 222 Å². The highest BCUT2D eigenvalue weighted by Crippen LogP contribution is 2.33. The van der Waals surface area contributed by atoms with E-state index in [1.54, 1.807) is 67.7 Å². The van der Waals surface area contributed by atoms with Gasteiger partial charge in [-0.15, -0.1) is 0 Å². The number of aliphatic carboxylic acids is 1. The van der Waals surface area contributed by atoms with Crippen LogP contribution in [0.1, 0.15) is 143 Å². The van der Waals surface area contributed by atoms with Gasteiger partial charge >= 0.3 is 6.18 Å². The molecule has 10 N–H and O–H groups in total. The Balaban J connectivity index is 0.00000220. The number of rotatable bonds is 13. The van der Waals surface area contributed by atoms with Crippen molar-refractivity contribution in [3.05, 3.63) is 136 Å². The number of carboxylic acid groups (broad SMARTS) is 1. The number of halogens is 4. The van der Waals surface area contributed by atoms with Crippen molar-refractivity contribution in [3.8, 4) is 5.75 Å². The topological polar surface area (TPSA) is 413 Å². The van der Waals surface area contributed by atoms with Crippen LogP contribution in [0.5, 0.6) is 5.75 Å². The molecule has 2 saturated heterocycles. The molecule has 10 rings (SSSR count). The summed E-state index contributed by atoms with van der Waals surface area (Å²) in [6.07, 6.45) is -4.00. The molecule has 2 fully saturated rings. The number of hydrogen-bond donors (Lipinski definition) is 10. The van der Waals surface area contributed by atoms with Gasteiger partial charge in [-0.3, -0.25) is 57.5 Å². The zero-order valence-electron chi connectivity index (χ0n) is 68.1. The predicted molar refractivity (Wildman–Crippen MR) is 422 cm³/mol. The molecular weight excluding hydrogens is 1550 g/mol. The molecule has 5 aliphatic rings. The summed E-state index contributed by atoms with van der Waals surface area (Å²) in [5.41, 5.74) is 3.29. The third kappa shape index (κ3) is 26.3. The number of quaternary nitrogens is 1. The smallest absolute Gasteiger partial charge is 0.430 e. The number of aliphatic hydroxyl groups excluding tert-OH is 1. The number of nitrogens with zero attached hydrogens (tertiary/aromatic N) is 4. The summed E-state index contributed by atoms with van der Waals surface area (Å²) < 4.78 is 68.1. The highest BCUT2D eigenvalue weighted by atomic mass is 19.4. The number of methoxy groups -OCH3 is 1. The third-order valence-corrected chi connectivity index (χ3v) is 21.9. The van der Waals surface area contributed by atoms with Gasteiger partial charge in [0.25, 0.3) is 0 Å². The lowest BCUT2D eigenvalue weighted by molar-refractivity contribution is -0.870. The molecule has 11 bridgehead atoms. The lowest BCUT2D eigenvalue weighted by Crippen LogP contribution is -2.64. The molecule has 0 saturated carbocycles. The average Bonchev–Trinajstić information content (AvgIpc) is 1.65. The first-order valence-corrected chi connectivity index (χ1v) is 40.3. The summed E-state index contributed by atoms with van der Waals surface area (Å²) in [4.78, 5) is 189. The van der Waals surface area contributed by atoms with Crippen LogP contribution in [0.2, 0.25) is 0 Å². The number of fused-ring (bicyclic) bond motifs is 12. The van der Waals surface area contributed by atoms with Crippen molar-refractivity contribution >= 4 is 87.6 Å². The fourth-order valence-corrected chi connectivity index (χ4v) is 15.2. The quantitative estimate of drug-likeness (QED) is 0.0458. The zero-order valence-corrected chi connectivity index (χ0v) is 68.1. The second kappa shape index (κ2) is 42.2. The van der Waals surface area contributed by atoms with Gasteiger partial charge in [0.1, 0.15) is 77.8 Å². The van der Waals surface area contributed by atoms with Crippen molar-refractivity contribution < 1.29 is 109 Å². The fraction of sp³-hybridized carbons (Fsp3) is 0.536. The number of benzene rings is 4. The molecule has 119 heavy (non-hydrogen) atoms. The van der Waals surface area contributed by atoms with E-state index in [0.29, 0.717) is 83.1 Å². The molecule has 31 nitrogen and oxygen atoms in total. The van der Waals surface area contributed by atoms with Gasteiger partial charge in [-0.05, 0) is 154 Å². The number of alkyl halides is 3. The summed E-state index contributed by atoms with van der Waals surface area (Å²) in [5.74, 6) is -11.9. The van der Waals surface area contributed by atoms with Gasteiger partial charge in [0, 0.05) is 108 Å². The lowest BCUT2D eigenvalue weighted by atomic mass is 9.95. The first-order valence-electron chi connectivity index (χ1n) is 40.3. The van der Waals surface area contributed by atoms with Gasteiger partial charge in [-0.2, -0.15) is 13.2 Å². The molecule has 0 radical (unpaired) electrons. The number of amides is 11. The molecule has 0 aliphatic carbocycles. The van der Waals surface area contributed by atoms with Gasteiger partial charge in [0.15, 0.2) is 0 Å². The molecule has 5 aromatic rings. The SMILES string of the molecule is COc1ccc(C[C@@H]2NC(=O)[C@H]([C@@H](C)O)NC(=O)[C@@H]3[C@@H]4CCN3C(=O)[C@@H]3Cc5cn(c6ccc(F)cc56)CCCCOCc5cc(ccc5CNC(=O)CCC(=O)N[C@@H](C)C(=O)N[C@H](CCC(=O)CCCCC[N+](C)(C)C)C(=O)N[C@@H](Cc5cccc(c5)CNC(=O)CO4)C(=O)N3)CCNC(=O)[C@]3(C)CCCN3C2=O)cc1.O=C([O-])C(F)(F)F. The second-order valence-corrected chi connectivity index (χ2v) is 32.1. The van der Waals surface area contributed by atoms with Crippen LogP contribution in [-0.2, 0) is 124 Å². The first kappa shape index (κ1) is 92.0. The molecular formula is C84H109F4N13O18. The number of aryl methyl sites for hydroxylation is 1. The van der Waals surface area contributed by atoms with Gasteiger partial charge in [-0.1, -0.05) is 54.6 Å². The largest absolute Gasteiger partial charge is 0.542 e. The van der Waals surface area contributed by atoms with Crippen LogP contribution >= 0.6 is 0 Å². The van der Waals surface area contributed by atoms with Gasteiger partial charge in [0.05, 0.1) is 53.6 Å². The number of ketones is 1. The Bertz CT molecular complexity index is 4500. The van der Waals surface area contributed by atoms with E-state index in [-0.39, 0.29) is 116 Å². The van der Waals surface area contributed by atoms with Crippen molar-refractivity contribution in [1.29, 1.82) is 0 Å². The number of hydrogen-bond acceptors (Lipinski definition) is 18. The van der Waals surface area contributed by atoms with E-state index in [4.69, 9.17) is 24.1 Å². The molecule has 35 heteroatoms. The molecule has 1 aromatic heterocycles. The number of Topliss-reactive ketones (excluding diaryl/α,β-unsaturated/α-hetero) is 1. The number of nitrogens with one attached hydrogen (secondary N) is 9. The highest BCUT2D eigenvalue weighted by Gasteiger charge is 2.50. The summed E-state index contributed by atoms with van der Waals surface area (Å²) >= 11 is 0. The normalized spacial score (nSPS) is 24.1. The minimum Gasteiger partial charge on any atom is -0.542 e. The minimum absolute atomic E-state index is 0.0333. The first-order chi connectivity index (χ1) is 56.5. The lowest BCUT2D eigenvalue weighted by Gasteiger charge is -2.37. The van der Waals surface area contributed by atoms with E-state index in [1.165, 1.54) is 38.0 Å². The standard InChI is InChI=1S/C82H108FN13O16.C2HF3O2/c1-50-74(102)88-63(26-23-60(98)17-9-8-11-37-96(4,5)6)75(103)89-64-42-54-15-13-16-55(39-54)45-85-71(101)49-112-68-31-36-94-73(68)78(106)92-72(51(2)97)77(105)91-65(41-52-19-24-61(110-7)25-20-52)80(108)95-35-14-32-82(95,3)81(109)84-33-30-53-18-21-56(46-86-69(99)28-29-70(100)87-50)58(40-53)48-111-38-12-10-34-93-47-57(43-66(79(94)107)90-76(64)104)62-44-59(83)22-27-67(62)93;3-2(4,5)1(6)7/h13,15-16,18-22,24-25,27,39-40,44,47,50-51,63-66,68,72-73,97H,8-12,14,17,23,26,28-38,41-43,45-46,48-49H2,1-7H3,(H8-,84,85,86,87,88,89,90,91,92,99,100,101,102,103,104,105,106,109);(H,6,7)/t50-,51+,63+,64-,65-,66-,68-,72-,73-,82-;/m0./s1. The van der Waals surface area contributed by atoms with Crippen LogP contribution in [0.4, 0.5) is 17.6 Å². The predicted octanol–water partition coefficient (Wildman–Crippen LogP) is 2.12. The van der Waals surface area contributed by atoms with Gasteiger partial charge < -0.3 is 95.9 Å². The number of unbranched alkanes of at least 4 members (excludes halogenated alkanes) is 2. The molecule has 646 valence electrons. The van der Waals surface area contributed by atoms with Crippen molar-refractivity contribution in [2.24, 2.45) is 0 Å². The Morgan fingerprint density at radius 3 is 2.11 bits per heavy atom. The molecule has 0 unspecified atom stereocenters. The summed E-state index contributed by atoms with van der Waals surface area (Å²) in [6, 6.07) is 12.2. The maximum absolute atomic E-state index is 16.2. The molecule has 6 heterocycles. The summed E-state index contributed by atoms with van der Waals surface area (Å²) in [6.45, 7) is 5.18. The number of aromatic nitrogens is 1. The van der Waals surface area contributed by atoms with E-state index in [1.807, 2.05) is 22.8 Å². The highest BCUT2D eigenvalue weighted by molar-refractivity contribution is 6.00. The Morgan fingerprint density at radius 1 is 0.672 bits per heavy atom. The molecule has 0 spiro atoms. The van der Waals surface area contributed by atoms with Crippen LogP contribution in [0.15, 0.2) is 91.1 Å². The Morgan fingerprint density at radius 2 is 1.39 bits per heavy atom. The van der Waals surface area contributed by atoms with Gasteiger partial charge in [0.2, 0.25) is 65.0 Å². The molecule has 5 aliphatic heterocycles. The van der Waals surface area contributed by atoms with Crippen LogP contribution < -0.4 is 57.7 Å². The second-order valence-electron chi connectivity index (χ2n) is 32.1. The number of carbonyl (C=O) groups is 13. The van der Waals surface area contributed by atoms with Crippen molar-refractivity contribution in [1.82, 2.24) is 62.2 Å². The van der Waals surface area contributed by atoms with E-state index in [9.17, 15) is 47.0 Å². The van der Waals surface area contributed by atoms with Gasteiger partial charge in [-0.25, -0.2) is 4.39 Å². The van der Waals surface area contributed by atoms with Crippen LogP contribution in [0.25, 0.3) is 10.9 Å². The zero-order chi connectivity index (χ0) is 86.5. The van der Waals surface area contributed by atoms with Crippen molar-refractivity contribution in [2.75, 3.05) is 67.6 Å². The number of ether oxygens (including phenoxy) is 3. The minimum atomic E-state index is -5.19. The van der Waals surface area contributed by atoms with Crippen LogP contribution in [-0.4, -0.2) is 235 Å². The monoisotopic (exact) mass is 1660 g/mol. The number of carboxylic acids is 1. The van der Waals surface area contributed by atoms with Crippen LogP contribution in [0.3, 0.4) is 0 Å². The maximum atomic E-state index is 16.2. The third-order valence-electron chi connectivity index (χ3n) is 21.9. The molecule has 11 amide bonds. The summed E-state index contributed by atoms with van der Waals surface area (Å²) in [5, 5.41) is 46.1. The molecule has 10 atom stereocenters. The van der Waals surface area contributed by atoms with Crippen LogP contribution in [0, 0.1) is 5.82 Å². The van der Waals surface area contributed by atoms with E-state index in [0.717, 1.165) is 39.9 Å². The Hall–Kier alpha value is -10.9. The maximum Gasteiger partial charge on any atom is 0.430 e. The van der Waals surface area contributed by atoms with E-state index >= 15 is 33.2 Å². The molecule has 4 aromatic carbocycles. The average molecular weight is 1660 g/mol. The van der Waals surface area contributed by atoms with E-state index in [2.05, 4.69) is 69.0 Å². The Labute approximate surface area is 687 Å². The van der Waals surface area contributed by atoms with Crippen molar-refractivity contribution in [3.63, 3.8) is 0 Å². The number of carbonyl (C=O) groups excluding carboxylic acids is 13. The summed E-state index contributed by atoms with van der Waals surface area (Å²) in [7, 11) is 7.72. The number of aliphatic hydroxyl groups is 1. The fourth-order valence-electron chi connectivity index (χ4n) is 15.2.